The summed E-state index contributed by atoms with van der Waals surface area (Å²) in [6, 6.07) is 7.91. The molecule has 0 unspecified atom stereocenters. The molecule has 0 bridgehead atoms. The first-order valence-corrected chi connectivity index (χ1v) is 5.53. The van der Waals surface area contributed by atoms with Crippen molar-refractivity contribution in [2.24, 2.45) is 0 Å². The van der Waals surface area contributed by atoms with Gasteiger partial charge in [-0.05, 0) is 18.6 Å². The number of carbonyl (C=O) groups is 1. The van der Waals surface area contributed by atoms with Crippen molar-refractivity contribution in [1.29, 1.82) is 5.39 Å². The molecule has 0 saturated carbocycles. The lowest BCUT2D eigenvalue weighted by atomic mass is 10.2. The van der Waals surface area contributed by atoms with E-state index >= 15 is 0 Å². The molecule has 94 valence electrons. The number of para-hydroxylation sites is 1. The molecule has 0 aliphatic heterocycles. The van der Waals surface area contributed by atoms with E-state index < -0.39 is 12.1 Å². The number of hydrogen-bond donors (Lipinski definition) is 3. The summed E-state index contributed by atoms with van der Waals surface area (Å²) in [5, 5.41) is 23.0. The van der Waals surface area contributed by atoms with Crippen molar-refractivity contribution in [2.45, 2.75) is 19.4 Å². The number of urea groups is 1. The van der Waals surface area contributed by atoms with Crippen molar-refractivity contribution in [3.63, 3.8) is 0 Å². The van der Waals surface area contributed by atoms with Gasteiger partial charge < -0.3 is 15.7 Å². The molecule has 0 heterocycles. The highest BCUT2D eigenvalue weighted by atomic mass is 16.3. The van der Waals surface area contributed by atoms with Crippen LogP contribution in [0.2, 0.25) is 0 Å². The highest BCUT2D eigenvalue weighted by Gasteiger charge is 2.17. The molecule has 2 amide bonds. The molecule has 0 aliphatic rings. The fourth-order valence-electron chi connectivity index (χ4n) is 1.38. The SMILES string of the molecule is CC[C@H](NC(=O)Nc1ccccc1)C(O)=C[N+]#N. The third kappa shape index (κ3) is 4.14. The molecule has 1 aromatic rings. The minimum atomic E-state index is -0.593. The maximum absolute atomic E-state index is 11.6. The van der Waals surface area contributed by atoms with E-state index in [2.05, 4.69) is 15.6 Å². The van der Waals surface area contributed by atoms with E-state index in [1.165, 1.54) is 0 Å². The van der Waals surface area contributed by atoms with Crippen LogP contribution in [0.1, 0.15) is 13.3 Å². The molecule has 0 radical (unpaired) electrons. The van der Waals surface area contributed by atoms with E-state index in [9.17, 15) is 9.90 Å². The van der Waals surface area contributed by atoms with Crippen molar-refractivity contribution < 1.29 is 9.90 Å². The highest BCUT2D eigenvalue weighted by molar-refractivity contribution is 5.89. The first-order chi connectivity index (χ1) is 8.67. The van der Waals surface area contributed by atoms with Crippen LogP contribution in [0.3, 0.4) is 0 Å². The molecule has 18 heavy (non-hydrogen) atoms. The second-order valence-corrected chi connectivity index (χ2v) is 3.59. The van der Waals surface area contributed by atoms with Gasteiger partial charge in [0.15, 0.2) is 4.98 Å². The Hall–Kier alpha value is -2.55. The number of rotatable bonds is 4. The third-order valence-corrected chi connectivity index (χ3v) is 2.29. The molecule has 0 aromatic heterocycles. The van der Waals surface area contributed by atoms with Crippen LogP contribution in [-0.2, 0) is 0 Å². The average Bonchev–Trinajstić information content (AvgIpc) is 2.37. The Kier molecular flexibility index (Phi) is 5.19. The van der Waals surface area contributed by atoms with Crippen LogP contribution in [0.4, 0.5) is 10.5 Å². The van der Waals surface area contributed by atoms with Gasteiger partial charge in [-0.15, -0.1) is 0 Å². The molecule has 3 N–H and O–H groups in total. The van der Waals surface area contributed by atoms with Gasteiger partial charge >= 0.3 is 12.2 Å². The van der Waals surface area contributed by atoms with Gasteiger partial charge in [-0.3, -0.25) is 0 Å². The van der Waals surface area contributed by atoms with Crippen LogP contribution in [0.15, 0.2) is 42.3 Å². The van der Waals surface area contributed by atoms with Gasteiger partial charge in [0.05, 0.1) is 6.04 Å². The number of aliphatic hydroxyl groups excluding tert-OH is 1. The van der Waals surface area contributed by atoms with Gasteiger partial charge in [-0.25, -0.2) is 4.79 Å². The van der Waals surface area contributed by atoms with Crippen molar-refractivity contribution in [3.8, 4) is 0 Å². The number of nitrogens with zero attached hydrogens (tertiary/aromatic N) is 2. The number of nitrogens with one attached hydrogen (secondary N) is 2. The Morgan fingerprint density at radius 3 is 2.72 bits per heavy atom. The summed E-state index contributed by atoms with van der Waals surface area (Å²) >= 11 is 0. The van der Waals surface area contributed by atoms with Crippen LogP contribution in [0.25, 0.3) is 4.98 Å². The van der Waals surface area contributed by atoms with E-state index in [1.807, 2.05) is 6.07 Å². The standard InChI is InChI=1S/C12H14N4O2/c1-2-10(11(17)8-14-13)16-12(18)15-9-6-4-3-5-7-9/h3-8,10H,2H2,1H3,(H2-,15,16,17,18)/p+1/t10-/m0/s1. The highest BCUT2D eigenvalue weighted by Crippen LogP contribution is 2.07. The second kappa shape index (κ2) is 6.91. The quantitative estimate of drug-likeness (QED) is 0.564. The van der Waals surface area contributed by atoms with Crippen LogP contribution >= 0.6 is 0 Å². The summed E-state index contributed by atoms with van der Waals surface area (Å²) in [6.45, 7) is 1.79. The monoisotopic (exact) mass is 247 g/mol. The van der Waals surface area contributed by atoms with Gasteiger partial charge in [0.1, 0.15) is 0 Å². The lowest BCUT2D eigenvalue weighted by Crippen LogP contribution is -2.38. The van der Waals surface area contributed by atoms with Gasteiger partial charge in [0.25, 0.3) is 0 Å². The van der Waals surface area contributed by atoms with Crippen LogP contribution < -0.4 is 10.6 Å². The average molecular weight is 247 g/mol. The Labute approximate surface area is 105 Å². The molecular weight excluding hydrogens is 232 g/mol. The Balaban J connectivity index is 2.59. The van der Waals surface area contributed by atoms with Crippen molar-refractivity contribution in [2.75, 3.05) is 5.32 Å². The molecule has 0 saturated heterocycles. The summed E-state index contributed by atoms with van der Waals surface area (Å²) in [7, 11) is 0. The molecule has 0 spiro atoms. The van der Waals surface area contributed by atoms with E-state index in [0.29, 0.717) is 12.1 Å². The lowest BCUT2D eigenvalue weighted by Gasteiger charge is -2.14. The molecular formula is C12H15N4O2+. The van der Waals surface area contributed by atoms with Crippen LogP contribution in [-0.4, -0.2) is 17.2 Å². The first kappa shape index (κ1) is 13.5. The Bertz CT molecular complexity index is 465. The number of amides is 2. The largest absolute Gasteiger partial charge is 0.504 e. The summed E-state index contributed by atoms with van der Waals surface area (Å²) in [5.74, 6) is -0.205. The molecule has 0 fully saturated rings. The zero-order valence-electron chi connectivity index (χ0n) is 10.00. The maximum Gasteiger partial charge on any atom is 0.389 e. The molecule has 0 aliphatic carbocycles. The normalized spacial score (nSPS) is 12.3. The van der Waals surface area contributed by atoms with E-state index in [1.54, 1.807) is 31.2 Å². The Morgan fingerprint density at radius 2 is 2.17 bits per heavy atom. The zero-order chi connectivity index (χ0) is 13.4. The summed E-state index contributed by atoms with van der Waals surface area (Å²) in [6.07, 6.45) is 1.36. The third-order valence-electron chi connectivity index (χ3n) is 2.29. The predicted octanol–water partition coefficient (Wildman–Crippen LogP) is 2.84. The number of diazo groups is 1. The van der Waals surface area contributed by atoms with Crippen molar-refractivity contribution in [3.05, 3.63) is 47.3 Å². The van der Waals surface area contributed by atoms with Crippen LogP contribution in [0.5, 0.6) is 0 Å². The van der Waals surface area contributed by atoms with E-state index in [0.717, 1.165) is 6.20 Å². The summed E-state index contributed by atoms with van der Waals surface area (Å²) in [4.78, 5) is 14.3. The lowest BCUT2D eigenvalue weighted by molar-refractivity contribution is 0.244. The topological polar surface area (TPSA) is 89.5 Å². The number of aliphatic hydroxyl groups is 1. The zero-order valence-corrected chi connectivity index (χ0v) is 10.00. The van der Waals surface area contributed by atoms with E-state index in [4.69, 9.17) is 5.39 Å². The van der Waals surface area contributed by atoms with Crippen molar-refractivity contribution >= 4 is 11.7 Å². The van der Waals surface area contributed by atoms with Gasteiger partial charge in [-0.2, -0.15) is 0 Å². The minimum absolute atomic E-state index is 0.205. The fraction of sp³-hybridized carbons (Fsp3) is 0.250. The van der Waals surface area contributed by atoms with Gasteiger partial charge in [-0.1, -0.05) is 25.1 Å². The number of carbonyl (C=O) groups excluding carboxylic acids is 1. The van der Waals surface area contributed by atoms with Gasteiger partial charge in [0.2, 0.25) is 11.2 Å². The van der Waals surface area contributed by atoms with Crippen LogP contribution in [0, 0.1) is 5.39 Å². The number of benzene rings is 1. The fourth-order valence-corrected chi connectivity index (χ4v) is 1.38. The summed E-state index contributed by atoms with van der Waals surface area (Å²) < 4.78 is 0. The second-order valence-electron chi connectivity index (χ2n) is 3.59. The van der Waals surface area contributed by atoms with E-state index in [-0.39, 0.29) is 5.76 Å². The molecule has 1 aromatic carbocycles. The van der Waals surface area contributed by atoms with Gasteiger partial charge in [0, 0.05) is 5.69 Å². The predicted molar refractivity (Wildman–Crippen MR) is 68.5 cm³/mol. The summed E-state index contributed by atoms with van der Waals surface area (Å²) in [5.41, 5.74) is 0.653. The molecule has 1 atom stereocenters. The molecule has 6 nitrogen and oxygen atoms in total. The van der Waals surface area contributed by atoms with Crippen molar-refractivity contribution in [1.82, 2.24) is 5.32 Å². The maximum atomic E-state index is 11.6. The minimum Gasteiger partial charge on any atom is -0.504 e. The molecule has 6 heteroatoms. The number of anilines is 1. The Morgan fingerprint density at radius 1 is 1.50 bits per heavy atom. The smallest absolute Gasteiger partial charge is 0.389 e. The molecule has 1 rings (SSSR count). The first-order valence-electron chi connectivity index (χ1n) is 5.53. The number of hydrogen-bond acceptors (Lipinski definition) is 3.